The van der Waals surface area contributed by atoms with E-state index in [4.69, 9.17) is 0 Å². The highest BCUT2D eigenvalue weighted by atomic mass is 19.4. The summed E-state index contributed by atoms with van der Waals surface area (Å²) in [7, 11) is 0. The zero-order valence-corrected chi connectivity index (χ0v) is 6.52. The molecule has 1 aromatic heterocycles. The molecule has 0 aliphatic carbocycles. The minimum Gasteiger partial charge on any atom is -0.361 e. The van der Waals surface area contributed by atoms with Gasteiger partial charge in [-0.2, -0.15) is 13.2 Å². The third-order valence-electron chi connectivity index (χ3n) is 1.90. The molecule has 0 unspecified atom stereocenters. The Hall–Kier alpha value is -1.45. The highest BCUT2D eigenvalue weighted by Crippen LogP contribution is 2.34. The van der Waals surface area contributed by atoms with Crippen LogP contribution in [0.2, 0.25) is 0 Å². The van der Waals surface area contributed by atoms with Crippen LogP contribution >= 0.6 is 0 Å². The fourth-order valence-corrected chi connectivity index (χ4v) is 1.33. The monoisotopic (exact) mass is 185 g/mol. The molecule has 0 aliphatic rings. The molecule has 0 spiro atoms. The molecular formula is C9H6F3N. The zero-order valence-electron chi connectivity index (χ0n) is 6.52. The van der Waals surface area contributed by atoms with Crippen molar-refractivity contribution in [3.8, 4) is 0 Å². The van der Waals surface area contributed by atoms with E-state index in [0.29, 0.717) is 5.52 Å². The molecular weight excluding hydrogens is 179 g/mol. The van der Waals surface area contributed by atoms with Gasteiger partial charge in [0.2, 0.25) is 0 Å². The first kappa shape index (κ1) is 8.16. The van der Waals surface area contributed by atoms with Gasteiger partial charge in [-0.1, -0.05) is 6.07 Å². The smallest absolute Gasteiger partial charge is 0.361 e. The number of rotatable bonds is 0. The molecule has 2 rings (SSSR count). The summed E-state index contributed by atoms with van der Waals surface area (Å²) in [6, 6.07) is 5.51. The van der Waals surface area contributed by atoms with Crippen molar-refractivity contribution in [1.29, 1.82) is 0 Å². The molecule has 1 N–H and O–H groups in total. The maximum absolute atomic E-state index is 12.4. The van der Waals surface area contributed by atoms with Crippen LogP contribution in [0.3, 0.4) is 0 Å². The van der Waals surface area contributed by atoms with Gasteiger partial charge in [-0.15, -0.1) is 0 Å². The minimum atomic E-state index is -4.28. The molecule has 0 bridgehead atoms. The van der Waals surface area contributed by atoms with Crippen molar-refractivity contribution in [2.24, 2.45) is 0 Å². The van der Waals surface area contributed by atoms with Gasteiger partial charge in [-0.25, -0.2) is 0 Å². The maximum atomic E-state index is 12.4. The Balaban J connectivity index is 2.75. The van der Waals surface area contributed by atoms with E-state index in [-0.39, 0.29) is 5.39 Å². The van der Waals surface area contributed by atoms with Crippen LogP contribution in [0.25, 0.3) is 10.9 Å². The quantitative estimate of drug-likeness (QED) is 0.648. The van der Waals surface area contributed by atoms with Crippen molar-refractivity contribution in [2.75, 3.05) is 0 Å². The summed E-state index contributed by atoms with van der Waals surface area (Å²) in [5.74, 6) is 0. The first-order valence-electron chi connectivity index (χ1n) is 3.72. The summed E-state index contributed by atoms with van der Waals surface area (Å²) >= 11 is 0. The van der Waals surface area contributed by atoms with Crippen LogP contribution in [0.4, 0.5) is 13.2 Å². The van der Waals surface area contributed by atoms with Crippen LogP contribution in [0.5, 0.6) is 0 Å². The van der Waals surface area contributed by atoms with Crippen LogP contribution in [0, 0.1) is 0 Å². The average Bonchev–Trinajstić information content (AvgIpc) is 2.48. The average molecular weight is 185 g/mol. The molecule has 0 amide bonds. The number of fused-ring (bicyclic) bond motifs is 1. The van der Waals surface area contributed by atoms with E-state index < -0.39 is 11.7 Å². The van der Waals surface area contributed by atoms with Gasteiger partial charge in [0.15, 0.2) is 0 Å². The Morgan fingerprint density at radius 3 is 2.54 bits per heavy atom. The van der Waals surface area contributed by atoms with Crippen LogP contribution in [0.1, 0.15) is 5.56 Å². The van der Waals surface area contributed by atoms with Gasteiger partial charge < -0.3 is 4.98 Å². The molecule has 0 aliphatic heterocycles. The number of aromatic nitrogens is 1. The molecule has 0 atom stereocenters. The Kier molecular flexibility index (Phi) is 1.58. The summed E-state index contributed by atoms with van der Waals surface area (Å²) < 4.78 is 37.1. The molecule has 0 radical (unpaired) electrons. The third kappa shape index (κ3) is 1.28. The van der Waals surface area contributed by atoms with Gasteiger partial charge in [0.1, 0.15) is 0 Å². The van der Waals surface area contributed by atoms with Gasteiger partial charge in [-0.3, -0.25) is 0 Å². The van der Waals surface area contributed by atoms with Crippen molar-refractivity contribution < 1.29 is 13.2 Å². The second kappa shape index (κ2) is 2.52. The summed E-state index contributed by atoms with van der Waals surface area (Å²) in [6.07, 6.45) is -2.78. The number of halogens is 3. The first-order valence-corrected chi connectivity index (χ1v) is 3.72. The Morgan fingerprint density at radius 1 is 1.08 bits per heavy atom. The molecule has 1 nitrogen and oxygen atoms in total. The topological polar surface area (TPSA) is 15.8 Å². The van der Waals surface area contributed by atoms with E-state index in [1.807, 2.05) is 0 Å². The molecule has 0 saturated heterocycles. The van der Waals surface area contributed by atoms with E-state index in [9.17, 15) is 13.2 Å². The number of hydrogen-bond acceptors (Lipinski definition) is 0. The van der Waals surface area contributed by atoms with E-state index in [1.165, 1.54) is 18.3 Å². The standard InChI is InChI=1S/C9H6F3N/c10-9(11,12)7-2-1-3-8-6(7)4-5-13-8/h1-5,13H. The van der Waals surface area contributed by atoms with Crippen molar-refractivity contribution in [3.63, 3.8) is 0 Å². The van der Waals surface area contributed by atoms with E-state index >= 15 is 0 Å². The van der Waals surface area contributed by atoms with E-state index in [1.54, 1.807) is 6.07 Å². The van der Waals surface area contributed by atoms with Gasteiger partial charge in [-0.05, 0) is 18.2 Å². The molecule has 4 heteroatoms. The van der Waals surface area contributed by atoms with Crippen LogP contribution in [-0.4, -0.2) is 4.98 Å². The SMILES string of the molecule is FC(F)(F)c1cccc2[nH]ccc12. The number of nitrogens with one attached hydrogen (secondary N) is 1. The van der Waals surface area contributed by atoms with E-state index in [2.05, 4.69) is 4.98 Å². The highest BCUT2D eigenvalue weighted by Gasteiger charge is 2.32. The summed E-state index contributed by atoms with van der Waals surface area (Å²) in [4.78, 5) is 2.73. The highest BCUT2D eigenvalue weighted by molar-refractivity contribution is 5.83. The van der Waals surface area contributed by atoms with Crippen LogP contribution in [-0.2, 0) is 6.18 Å². The molecule has 1 aromatic carbocycles. The molecule has 0 fully saturated rings. The molecule has 1 heterocycles. The summed E-state index contributed by atoms with van der Waals surface area (Å²) in [5.41, 5.74) is -0.0823. The summed E-state index contributed by atoms with van der Waals surface area (Å²) in [6.45, 7) is 0. The lowest BCUT2D eigenvalue weighted by molar-refractivity contribution is -0.136. The third-order valence-corrected chi connectivity index (χ3v) is 1.90. The zero-order chi connectivity index (χ0) is 9.47. The number of aromatic amines is 1. The fraction of sp³-hybridized carbons (Fsp3) is 0.111. The van der Waals surface area contributed by atoms with Crippen molar-refractivity contribution >= 4 is 10.9 Å². The molecule has 68 valence electrons. The second-order valence-electron chi connectivity index (χ2n) is 2.74. The lowest BCUT2D eigenvalue weighted by Gasteiger charge is -2.06. The normalized spacial score (nSPS) is 12.2. The van der Waals surface area contributed by atoms with Crippen molar-refractivity contribution in [2.45, 2.75) is 6.18 Å². The first-order chi connectivity index (χ1) is 6.09. The number of hydrogen-bond donors (Lipinski definition) is 1. The van der Waals surface area contributed by atoms with Crippen molar-refractivity contribution in [1.82, 2.24) is 4.98 Å². The molecule has 13 heavy (non-hydrogen) atoms. The fourth-order valence-electron chi connectivity index (χ4n) is 1.33. The lowest BCUT2D eigenvalue weighted by Crippen LogP contribution is -2.04. The van der Waals surface area contributed by atoms with Gasteiger partial charge in [0, 0.05) is 17.1 Å². The van der Waals surface area contributed by atoms with Crippen molar-refractivity contribution in [3.05, 3.63) is 36.0 Å². The Labute approximate surface area is 72.2 Å². The van der Waals surface area contributed by atoms with Crippen LogP contribution < -0.4 is 0 Å². The van der Waals surface area contributed by atoms with Gasteiger partial charge in [0.05, 0.1) is 5.56 Å². The van der Waals surface area contributed by atoms with Gasteiger partial charge in [0.25, 0.3) is 0 Å². The predicted molar refractivity (Wildman–Crippen MR) is 43.3 cm³/mol. The Bertz CT molecular complexity index is 428. The summed E-state index contributed by atoms with van der Waals surface area (Å²) in [5, 5.41) is 0.218. The predicted octanol–water partition coefficient (Wildman–Crippen LogP) is 3.19. The second-order valence-corrected chi connectivity index (χ2v) is 2.74. The lowest BCUT2D eigenvalue weighted by atomic mass is 10.1. The van der Waals surface area contributed by atoms with Crippen LogP contribution in [0.15, 0.2) is 30.5 Å². The number of H-pyrrole nitrogens is 1. The number of alkyl halides is 3. The largest absolute Gasteiger partial charge is 0.417 e. The minimum absolute atomic E-state index is 0.218. The Morgan fingerprint density at radius 2 is 1.85 bits per heavy atom. The maximum Gasteiger partial charge on any atom is 0.417 e. The molecule has 2 aromatic rings. The molecule has 0 saturated carbocycles. The van der Waals surface area contributed by atoms with E-state index in [0.717, 1.165) is 6.07 Å². The van der Waals surface area contributed by atoms with Gasteiger partial charge >= 0.3 is 6.18 Å². The number of benzene rings is 1.